The number of thiol groups is 1. The normalized spacial score (nSPS) is 21.0. The summed E-state index contributed by atoms with van der Waals surface area (Å²) in [6, 6.07) is 1.45. The third kappa shape index (κ3) is 1.96. The number of carbonyl (C=O) groups excluding carboxylic acids is 1. The molecular formula is C8H11N5OS. The van der Waals surface area contributed by atoms with Gasteiger partial charge in [-0.3, -0.25) is 9.69 Å². The van der Waals surface area contributed by atoms with Crippen LogP contribution >= 0.6 is 12.6 Å². The Morgan fingerprint density at radius 3 is 2.47 bits per heavy atom. The molecule has 0 bridgehead atoms. The van der Waals surface area contributed by atoms with Gasteiger partial charge in [0.15, 0.2) is 0 Å². The molecule has 15 heavy (non-hydrogen) atoms. The highest BCUT2D eigenvalue weighted by Crippen LogP contribution is 2.22. The molecule has 1 aromatic rings. The number of rotatable bonds is 1. The minimum absolute atomic E-state index is 0.0174. The number of carbonyl (C=O) groups is 1. The minimum atomic E-state index is -0.0556. The Bertz CT molecular complexity index is 390. The summed E-state index contributed by atoms with van der Waals surface area (Å²) in [7, 11) is 0. The second-order valence-electron chi connectivity index (χ2n) is 3.38. The topological polar surface area (TPSA) is 98.1 Å². The van der Waals surface area contributed by atoms with Crippen LogP contribution in [0, 0.1) is 0 Å². The van der Waals surface area contributed by atoms with Gasteiger partial charge in [0, 0.05) is 24.3 Å². The largest absolute Gasteiger partial charge is 0.383 e. The molecule has 7 heteroatoms. The summed E-state index contributed by atoms with van der Waals surface area (Å²) in [6.07, 6.45) is 0.390. The van der Waals surface area contributed by atoms with Crippen molar-refractivity contribution >= 4 is 36.1 Å². The van der Waals surface area contributed by atoms with Gasteiger partial charge in [0.1, 0.15) is 11.6 Å². The molecule has 1 aromatic heterocycles. The molecule has 1 amide bonds. The number of nitrogens with zero attached hydrogens (tertiary/aromatic N) is 3. The molecule has 6 nitrogen and oxygen atoms in total. The average Bonchev–Trinajstić information content (AvgIpc) is 2.43. The van der Waals surface area contributed by atoms with E-state index < -0.39 is 0 Å². The predicted molar refractivity (Wildman–Crippen MR) is 60.6 cm³/mol. The average molecular weight is 225 g/mol. The summed E-state index contributed by atoms with van der Waals surface area (Å²) in [6.45, 7) is 0.491. The Morgan fingerprint density at radius 1 is 1.40 bits per heavy atom. The predicted octanol–water partition coefficient (Wildman–Crippen LogP) is -0.324. The molecule has 1 unspecified atom stereocenters. The first-order valence-corrected chi connectivity index (χ1v) is 4.96. The van der Waals surface area contributed by atoms with Crippen LogP contribution in [0.2, 0.25) is 0 Å². The van der Waals surface area contributed by atoms with Gasteiger partial charge in [0.25, 0.3) is 0 Å². The fourth-order valence-electron chi connectivity index (χ4n) is 1.47. The first-order valence-electron chi connectivity index (χ1n) is 4.44. The maximum absolute atomic E-state index is 11.5. The molecular weight excluding hydrogens is 214 g/mol. The molecule has 4 N–H and O–H groups in total. The van der Waals surface area contributed by atoms with Crippen LogP contribution in [0.25, 0.3) is 0 Å². The highest BCUT2D eigenvalue weighted by Gasteiger charge is 2.30. The first-order chi connectivity index (χ1) is 7.06. The number of anilines is 3. The van der Waals surface area contributed by atoms with Gasteiger partial charge in [-0.25, -0.2) is 0 Å². The molecule has 1 atom stereocenters. The van der Waals surface area contributed by atoms with Gasteiger partial charge in [-0.2, -0.15) is 22.6 Å². The third-order valence-electron chi connectivity index (χ3n) is 2.10. The van der Waals surface area contributed by atoms with E-state index in [-0.39, 0.29) is 28.7 Å². The van der Waals surface area contributed by atoms with E-state index in [1.54, 1.807) is 0 Å². The van der Waals surface area contributed by atoms with Crippen LogP contribution in [0.4, 0.5) is 17.6 Å². The Morgan fingerprint density at radius 2 is 2.00 bits per heavy atom. The molecule has 1 saturated heterocycles. The summed E-state index contributed by atoms with van der Waals surface area (Å²) >= 11 is 4.23. The van der Waals surface area contributed by atoms with Crippen molar-refractivity contribution in [3.05, 3.63) is 6.07 Å². The van der Waals surface area contributed by atoms with Gasteiger partial charge in [-0.05, 0) is 0 Å². The van der Waals surface area contributed by atoms with Crippen molar-refractivity contribution in [3.8, 4) is 0 Å². The van der Waals surface area contributed by atoms with Gasteiger partial charge in [0.2, 0.25) is 11.9 Å². The first kappa shape index (κ1) is 10.0. The molecule has 1 aliphatic rings. The standard InChI is InChI=1S/C8H11N5OS/c9-5-2-6(10)12-8(11-5)13-3-4(15)1-7(13)14/h2,4,15H,1,3H2,(H4,9,10,11,12). The van der Waals surface area contributed by atoms with Crippen LogP contribution in [0.15, 0.2) is 6.07 Å². The van der Waals surface area contributed by atoms with Crippen LogP contribution in [-0.2, 0) is 4.79 Å². The van der Waals surface area contributed by atoms with Gasteiger partial charge >= 0.3 is 0 Å². The van der Waals surface area contributed by atoms with Crippen LogP contribution < -0.4 is 16.4 Å². The molecule has 80 valence electrons. The van der Waals surface area contributed by atoms with Gasteiger partial charge in [-0.1, -0.05) is 0 Å². The van der Waals surface area contributed by atoms with Crippen LogP contribution in [0.1, 0.15) is 6.42 Å². The van der Waals surface area contributed by atoms with Gasteiger partial charge in [0.05, 0.1) is 0 Å². The zero-order chi connectivity index (χ0) is 11.0. The van der Waals surface area contributed by atoms with Crippen molar-refractivity contribution in [1.82, 2.24) is 9.97 Å². The van der Waals surface area contributed by atoms with E-state index in [9.17, 15) is 4.79 Å². The summed E-state index contributed by atoms with van der Waals surface area (Å²) in [4.78, 5) is 20.9. The van der Waals surface area contributed by atoms with Crippen molar-refractivity contribution in [3.63, 3.8) is 0 Å². The van der Waals surface area contributed by atoms with E-state index in [4.69, 9.17) is 11.5 Å². The third-order valence-corrected chi connectivity index (χ3v) is 2.45. The number of amides is 1. The number of nitrogens with two attached hydrogens (primary N) is 2. The van der Waals surface area contributed by atoms with Crippen LogP contribution in [0.3, 0.4) is 0 Å². The molecule has 2 rings (SSSR count). The Hall–Kier alpha value is -1.50. The number of aromatic nitrogens is 2. The lowest BCUT2D eigenvalue weighted by Gasteiger charge is -2.13. The minimum Gasteiger partial charge on any atom is -0.383 e. The fraction of sp³-hybridized carbons (Fsp3) is 0.375. The molecule has 0 aromatic carbocycles. The summed E-state index contributed by atoms with van der Waals surface area (Å²) in [5.41, 5.74) is 11.0. The highest BCUT2D eigenvalue weighted by atomic mass is 32.1. The molecule has 1 aliphatic heterocycles. The van der Waals surface area contributed by atoms with Crippen molar-refractivity contribution in [2.75, 3.05) is 22.9 Å². The maximum atomic E-state index is 11.5. The van der Waals surface area contributed by atoms with E-state index in [1.807, 2.05) is 0 Å². The van der Waals surface area contributed by atoms with Crippen molar-refractivity contribution in [2.45, 2.75) is 11.7 Å². The van der Waals surface area contributed by atoms with Gasteiger partial charge in [-0.15, -0.1) is 0 Å². The van der Waals surface area contributed by atoms with Crippen molar-refractivity contribution in [1.29, 1.82) is 0 Å². The smallest absolute Gasteiger partial charge is 0.236 e. The Kier molecular flexibility index (Phi) is 2.39. The zero-order valence-electron chi connectivity index (χ0n) is 7.92. The summed E-state index contributed by atoms with van der Waals surface area (Å²) in [5.74, 6) is 0.717. The number of hydrogen-bond donors (Lipinski definition) is 3. The molecule has 2 heterocycles. The Balaban J connectivity index is 2.33. The quantitative estimate of drug-likeness (QED) is 0.569. The van der Waals surface area contributed by atoms with Crippen molar-refractivity contribution < 1.29 is 4.79 Å². The second-order valence-corrected chi connectivity index (χ2v) is 4.11. The zero-order valence-corrected chi connectivity index (χ0v) is 8.82. The summed E-state index contributed by atoms with van der Waals surface area (Å²) in [5, 5.41) is 0.0174. The SMILES string of the molecule is Nc1cc(N)nc(N2CC(S)CC2=O)n1. The molecule has 0 saturated carbocycles. The van der Waals surface area contributed by atoms with Crippen molar-refractivity contribution in [2.24, 2.45) is 0 Å². The van der Waals surface area contributed by atoms with E-state index in [0.29, 0.717) is 13.0 Å². The van der Waals surface area contributed by atoms with E-state index in [1.165, 1.54) is 11.0 Å². The lowest BCUT2D eigenvalue weighted by atomic mass is 10.4. The fourth-order valence-corrected chi connectivity index (χ4v) is 1.79. The van der Waals surface area contributed by atoms with Gasteiger partial charge < -0.3 is 11.5 Å². The second kappa shape index (κ2) is 3.58. The summed E-state index contributed by atoms with van der Waals surface area (Å²) < 4.78 is 0. The molecule has 0 aliphatic carbocycles. The molecule has 0 radical (unpaired) electrons. The monoisotopic (exact) mass is 225 g/mol. The Labute approximate surface area is 92.1 Å². The lowest BCUT2D eigenvalue weighted by Crippen LogP contribution is -2.27. The molecule has 0 spiro atoms. The maximum Gasteiger partial charge on any atom is 0.236 e. The molecule has 1 fully saturated rings. The number of hydrogen-bond acceptors (Lipinski definition) is 6. The van der Waals surface area contributed by atoms with E-state index in [0.717, 1.165) is 0 Å². The lowest BCUT2D eigenvalue weighted by molar-refractivity contribution is -0.117. The van der Waals surface area contributed by atoms with Crippen LogP contribution in [-0.4, -0.2) is 27.7 Å². The van der Waals surface area contributed by atoms with E-state index >= 15 is 0 Å². The van der Waals surface area contributed by atoms with E-state index in [2.05, 4.69) is 22.6 Å². The van der Waals surface area contributed by atoms with Crippen LogP contribution in [0.5, 0.6) is 0 Å². The number of nitrogen functional groups attached to an aromatic ring is 2. The highest BCUT2D eigenvalue weighted by molar-refractivity contribution is 7.81.